The van der Waals surface area contributed by atoms with E-state index < -0.39 is 23.3 Å². The fourth-order valence-electron chi connectivity index (χ4n) is 3.79. The van der Waals surface area contributed by atoms with E-state index in [0.717, 1.165) is 25.7 Å². The normalized spacial score (nSPS) is 18.9. The Bertz CT molecular complexity index is 885. The van der Waals surface area contributed by atoms with Crippen molar-refractivity contribution in [2.24, 2.45) is 5.92 Å². The molecule has 0 aliphatic carbocycles. The lowest BCUT2D eigenvalue weighted by atomic mass is 9.97. The van der Waals surface area contributed by atoms with Crippen molar-refractivity contribution in [2.45, 2.75) is 44.9 Å². The smallest absolute Gasteiger partial charge is 0.422 e. The highest BCUT2D eigenvalue weighted by Gasteiger charge is 2.39. The molecule has 32 heavy (non-hydrogen) atoms. The maximum atomic E-state index is 15.0. The van der Waals surface area contributed by atoms with Crippen molar-refractivity contribution in [1.82, 2.24) is 0 Å². The van der Waals surface area contributed by atoms with Crippen LogP contribution in [0.25, 0.3) is 11.1 Å². The number of hydrogen-bond donors (Lipinski definition) is 0. The molecule has 0 aromatic heterocycles. The highest BCUT2D eigenvalue weighted by atomic mass is 19.4. The van der Waals surface area contributed by atoms with Crippen molar-refractivity contribution in [3.8, 4) is 22.6 Å². The first-order valence-electron chi connectivity index (χ1n) is 10.8. The minimum atomic E-state index is -4.89. The van der Waals surface area contributed by atoms with Crippen molar-refractivity contribution < 1.29 is 31.8 Å². The Morgan fingerprint density at radius 1 is 1.09 bits per heavy atom. The van der Waals surface area contributed by atoms with E-state index in [2.05, 4.69) is 6.58 Å². The summed E-state index contributed by atoms with van der Waals surface area (Å²) in [5.41, 5.74) is -1.20. The molecule has 0 amide bonds. The summed E-state index contributed by atoms with van der Waals surface area (Å²) in [6, 6.07) is 8.77. The zero-order valence-corrected chi connectivity index (χ0v) is 18.1. The van der Waals surface area contributed by atoms with Crippen molar-refractivity contribution in [3.63, 3.8) is 0 Å². The SMILES string of the molecule is C=CCCC1CCC(COc2ccc(-c3ccc(OCC)cc3)c(F)c2C(F)(F)F)CO1. The summed E-state index contributed by atoms with van der Waals surface area (Å²) in [4.78, 5) is 0. The minimum absolute atomic E-state index is 0.0371. The summed E-state index contributed by atoms with van der Waals surface area (Å²) in [5.74, 6) is -1.32. The first kappa shape index (κ1) is 24.1. The molecule has 7 heteroatoms. The second-order valence-electron chi connectivity index (χ2n) is 7.83. The number of rotatable bonds is 9. The third-order valence-corrected chi connectivity index (χ3v) is 5.50. The molecule has 0 spiro atoms. The second-order valence-corrected chi connectivity index (χ2v) is 7.83. The van der Waals surface area contributed by atoms with Crippen LogP contribution >= 0.6 is 0 Å². The van der Waals surface area contributed by atoms with Crippen LogP contribution in [0.2, 0.25) is 0 Å². The molecule has 2 aromatic carbocycles. The molecule has 0 radical (unpaired) electrons. The molecular weight excluding hydrogens is 424 g/mol. The Kier molecular flexibility index (Phi) is 8.18. The Morgan fingerprint density at radius 3 is 2.44 bits per heavy atom. The largest absolute Gasteiger partial charge is 0.494 e. The molecule has 1 saturated heterocycles. The Labute approximate surface area is 186 Å². The Balaban J connectivity index is 1.74. The van der Waals surface area contributed by atoms with Crippen LogP contribution in [0.5, 0.6) is 11.5 Å². The van der Waals surface area contributed by atoms with Gasteiger partial charge in [-0.3, -0.25) is 0 Å². The predicted molar refractivity (Wildman–Crippen MR) is 115 cm³/mol. The van der Waals surface area contributed by atoms with E-state index in [-0.39, 0.29) is 24.2 Å². The van der Waals surface area contributed by atoms with Crippen LogP contribution in [0.3, 0.4) is 0 Å². The van der Waals surface area contributed by atoms with Gasteiger partial charge in [-0.05, 0) is 62.4 Å². The van der Waals surface area contributed by atoms with Crippen molar-refractivity contribution in [2.75, 3.05) is 19.8 Å². The van der Waals surface area contributed by atoms with Crippen LogP contribution in [0.15, 0.2) is 49.1 Å². The minimum Gasteiger partial charge on any atom is -0.494 e. The van der Waals surface area contributed by atoms with Gasteiger partial charge < -0.3 is 14.2 Å². The lowest BCUT2D eigenvalue weighted by Crippen LogP contribution is -2.29. The lowest BCUT2D eigenvalue weighted by Gasteiger charge is -2.29. The van der Waals surface area contributed by atoms with E-state index in [4.69, 9.17) is 14.2 Å². The first-order chi connectivity index (χ1) is 15.3. The van der Waals surface area contributed by atoms with Crippen molar-refractivity contribution in [3.05, 3.63) is 60.4 Å². The fraction of sp³-hybridized carbons (Fsp3) is 0.440. The quantitative estimate of drug-likeness (QED) is 0.301. The lowest BCUT2D eigenvalue weighted by molar-refractivity contribution is -0.141. The number of alkyl halides is 3. The predicted octanol–water partition coefficient (Wildman–Crippen LogP) is 7.05. The summed E-state index contributed by atoms with van der Waals surface area (Å²) in [7, 11) is 0. The van der Waals surface area contributed by atoms with Crippen LogP contribution in [0.1, 0.15) is 38.2 Å². The zero-order chi connectivity index (χ0) is 23.1. The molecule has 3 rings (SSSR count). The molecule has 0 N–H and O–H groups in total. The highest BCUT2D eigenvalue weighted by molar-refractivity contribution is 5.67. The molecule has 1 heterocycles. The molecule has 3 nitrogen and oxygen atoms in total. The van der Waals surface area contributed by atoms with E-state index in [0.29, 0.717) is 24.5 Å². The molecule has 0 bridgehead atoms. The van der Waals surface area contributed by atoms with Gasteiger partial charge in [0.25, 0.3) is 0 Å². The average molecular weight is 452 g/mol. The van der Waals surface area contributed by atoms with E-state index in [1.54, 1.807) is 12.1 Å². The molecule has 1 fully saturated rings. The van der Waals surface area contributed by atoms with Gasteiger partial charge in [0.1, 0.15) is 22.9 Å². The van der Waals surface area contributed by atoms with Crippen LogP contribution < -0.4 is 9.47 Å². The summed E-state index contributed by atoms with van der Waals surface area (Å²) >= 11 is 0. The molecule has 1 aliphatic heterocycles. The standard InChI is InChI=1S/C25H28F4O3/c1-3-5-6-19-10-7-17(15-31-19)16-32-22-14-13-21(24(26)23(22)25(27,28)29)18-8-11-20(12-9-18)30-4-2/h3,8-9,11-14,17,19H,1,4-7,10,15-16H2,2H3. The molecule has 2 aromatic rings. The fourth-order valence-corrected chi connectivity index (χ4v) is 3.79. The maximum absolute atomic E-state index is 15.0. The van der Waals surface area contributed by atoms with Crippen LogP contribution in [-0.4, -0.2) is 25.9 Å². The third kappa shape index (κ3) is 6.03. The Morgan fingerprint density at radius 2 is 1.84 bits per heavy atom. The van der Waals surface area contributed by atoms with Gasteiger partial charge >= 0.3 is 6.18 Å². The second kappa shape index (κ2) is 10.9. The van der Waals surface area contributed by atoms with E-state index in [1.807, 2.05) is 13.0 Å². The summed E-state index contributed by atoms with van der Waals surface area (Å²) in [5, 5.41) is 0. The third-order valence-electron chi connectivity index (χ3n) is 5.50. The van der Waals surface area contributed by atoms with Gasteiger partial charge in [-0.15, -0.1) is 6.58 Å². The zero-order valence-electron chi connectivity index (χ0n) is 18.1. The van der Waals surface area contributed by atoms with E-state index >= 15 is 4.39 Å². The van der Waals surface area contributed by atoms with E-state index in [1.165, 1.54) is 24.3 Å². The van der Waals surface area contributed by atoms with Crippen LogP contribution in [-0.2, 0) is 10.9 Å². The molecule has 2 atom stereocenters. The number of halogens is 4. The van der Waals surface area contributed by atoms with Crippen LogP contribution in [0, 0.1) is 11.7 Å². The topological polar surface area (TPSA) is 27.7 Å². The van der Waals surface area contributed by atoms with Gasteiger partial charge in [-0.2, -0.15) is 13.2 Å². The van der Waals surface area contributed by atoms with Gasteiger partial charge in [-0.1, -0.05) is 18.2 Å². The molecule has 2 unspecified atom stereocenters. The summed E-state index contributed by atoms with van der Waals surface area (Å²) < 4.78 is 72.8. The van der Waals surface area contributed by atoms with E-state index in [9.17, 15) is 13.2 Å². The Hall–Kier alpha value is -2.54. The molecule has 0 saturated carbocycles. The number of ether oxygens (including phenoxy) is 3. The van der Waals surface area contributed by atoms with Gasteiger partial charge in [0.15, 0.2) is 0 Å². The first-order valence-corrected chi connectivity index (χ1v) is 10.8. The van der Waals surface area contributed by atoms with Gasteiger partial charge in [0, 0.05) is 11.5 Å². The van der Waals surface area contributed by atoms with Gasteiger partial charge in [0.2, 0.25) is 0 Å². The van der Waals surface area contributed by atoms with Crippen molar-refractivity contribution in [1.29, 1.82) is 0 Å². The summed E-state index contributed by atoms with van der Waals surface area (Å²) in [6.45, 7) is 6.42. The molecule has 174 valence electrons. The number of hydrogen-bond acceptors (Lipinski definition) is 3. The van der Waals surface area contributed by atoms with Gasteiger partial charge in [-0.25, -0.2) is 4.39 Å². The van der Waals surface area contributed by atoms with Gasteiger partial charge in [0.05, 0.1) is 25.9 Å². The highest BCUT2D eigenvalue weighted by Crippen LogP contribution is 2.42. The monoisotopic (exact) mass is 452 g/mol. The van der Waals surface area contributed by atoms with Crippen molar-refractivity contribution >= 4 is 0 Å². The maximum Gasteiger partial charge on any atom is 0.422 e. The number of allylic oxidation sites excluding steroid dienone is 1. The molecular formula is C25H28F4O3. The average Bonchev–Trinajstić information content (AvgIpc) is 2.77. The van der Waals surface area contributed by atoms with Crippen LogP contribution in [0.4, 0.5) is 17.6 Å². The number of benzene rings is 2. The molecule has 1 aliphatic rings. The summed E-state index contributed by atoms with van der Waals surface area (Å²) in [6.07, 6.45) is 0.437.